The van der Waals surface area contributed by atoms with E-state index in [1.54, 1.807) is 31.2 Å². The van der Waals surface area contributed by atoms with Gasteiger partial charge in [0.1, 0.15) is 18.4 Å². The highest BCUT2D eigenvalue weighted by Gasteiger charge is 2.23. The first-order valence-electron chi connectivity index (χ1n) is 8.45. The number of benzene rings is 1. The highest BCUT2D eigenvalue weighted by atomic mass is 16.5. The normalized spacial score (nSPS) is 12.5. The maximum atomic E-state index is 12.2. The Balaban J connectivity index is 2.02. The summed E-state index contributed by atoms with van der Waals surface area (Å²) in [6.07, 6.45) is 2.88. The number of anilines is 1. The molecular weight excluding hydrogens is 366 g/mol. The minimum atomic E-state index is -0.987. The second kappa shape index (κ2) is 9.40. The van der Waals surface area contributed by atoms with E-state index in [9.17, 15) is 19.3 Å². The molecule has 2 aromatic rings. The summed E-state index contributed by atoms with van der Waals surface area (Å²) in [6, 6.07) is 4.51. The molecule has 2 rings (SSSR count). The zero-order valence-corrected chi connectivity index (χ0v) is 15.7. The van der Waals surface area contributed by atoms with Crippen LogP contribution in [0.1, 0.15) is 35.9 Å². The Hall–Kier alpha value is -3.56. The third kappa shape index (κ3) is 5.47. The fourth-order valence-electron chi connectivity index (χ4n) is 2.42. The third-order valence-corrected chi connectivity index (χ3v) is 4.01. The number of amides is 2. The van der Waals surface area contributed by atoms with Crippen LogP contribution < -0.4 is 10.6 Å². The van der Waals surface area contributed by atoms with Crippen molar-refractivity contribution in [3.05, 3.63) is 53.0 Å². The zero-order valence-electron chi connectivity index (χ0n) is 15.7. The van der Waals surface area contributed by atoms with Gasteiger partial charge in [0.2, 0.25) is 5.91 Å². The number of methoxy groups -OCH3 is 1. The number of imidazole rings is 1. The molecule has 0 spiro atoms. The maximum Gasteiger partial charge on any atom is 0.328 e. The highest BCUT2D eigenvalue weighted by Crippen LogP contribution is 2.18. The number of carbonyl (C=O) groups excluding carboxylic acids is 3. The van der Waals surface area contributed by atoms with E-state index in [0.29, 0.717) is 11.4 Å². The Morgan fingerprint density at radius 3 is 2.46 bits per heavy atom. The molecule has 10 nitrogen and oxygen atoms in total. The van der Waals surface area contributed by atoms with Gasteiger partial charge in [0, 0.05) is 25.2 Å². The monoisotopic (exact) mass is 387 g/mol. The van der Waals surface area contributed by atoms with Crippen LogP contribution in [0.3, 0.4) is 0 Å². The third-order valence-electron chi connectivity index (χ3n) is 4.01. The summed E-state index contributed by atoms with van der Waals surface area (Å²) in [5.41, 5.74) is 1.64. The zero-order chi connectivity index (χ0) is 20.7. The number of aromatic nitrogens is 2. The lowest BCUT2D eigenvalue weighted by Crippen LogP contribution is -2.45. The topological polar surface area (TPSA) is 132 Å². The van der Waals surface area contributed by atoms with Gasteiger partial charge in [-0.25, -0.2) is 14.6 Å². The molecule has 148 valence electrons. The van der Waals surface area contributed by atoms with Crippen molar-refractivity contribution in [2.75, 3.05) is 12.4 Å². The number of nitrogens with zero attached hydrogens (tertiary/aromatic N) is 3. The second-order valence-electron chi connectivity index (χ2n) is 6.07. The van der Waals surface area contributed by atoms with Crippen molar-refractivity contribution in [1.82, 2.24) is 14.9 Å². The molecule has 0 saturated heterocycles. The van der Waals surface area contributed by atoms with Gasteiger partial charge in [-0.05, 0) is 24.6 Å². The SMILES string of the molecule is COC(=O)C(Cc1cn(C(C)=O)cn1)NC(=O)Nc1ccc(C(C)N=O)cc1. The molecule has 0 bridgehead atoms. The predicted octanol–water partition coefficient (Wildman–Crippen LogP) is 2.28. The van der Waals surface area contributed by atoms with E-state index >= 15 is 0 Å². The Labute approximate surface area is 161 Å². The summed E-state index contributed by atoms with van der Waals surface area (Å²) in [5.74, 6) is -0.865. The fourth-order valence-corrected chi connectivity index (χ4v) is 2.42. The smallest absolute Gasteiger partial charge is 0.328 e. The van der Waals surface area contributed by atoms with E-state index in [0.717, 1.165) is 5.56 Å². The van der Waals surface area contributed by atoms with Gasteiger partial charge in [-0.2, -0.15) is 4.91 Å². The van der Waals surface area contributed by atoms with Crippen molar-refractivity contribution in [1.29, 1.82) is 0 Å². The second-order valence-corrected chi connectivity index (χ2v) is 6.07. The highest BCUT2D eigenvalue weighted by molar-refractivity contribution is 5.92. The summed E-state index contributed by atoms with van der Waals surface area (Å²) < 4.78 is 6.00. The van der Waals surface area contributed by atoms with Crippen LogP contribution >= 0.6 is 0 Å². The Morgan fingerprint density at radius 2 is 1.93 bits per heavy atom. The molecule has 1 aromatic carbocycles. The van der Waals surface area contributed by atoms with E-state index in [4.69, 9.17) is 4.74 Å². The lowest BCUT2D eigenvalue weighted by Gasteiger charge is -2.16. The van der Waals surface area contributed by atoms with Crippen LogP contribution in [0.5, 0.6) is 0 Å². The quantitative estimate of drug-likeness (QED) is 0.553. The molecule has 0 saturated carbocycles. The minimum Gasteiger partial charge on any atom is -0.467 e. The lowest BCUT2D eigenvalue weighted by molar-refractivity contribution is -0.142. The predicted molar refractivity (Wildman–Crippen MR) is 101 cm³/mol. The number of hydrogen-bond acceptors (Lipinski definition) is 7. The number of esters is 1. The molecule has 1 heterocycles. The standard InChI is InChI=1S/C18H21N5O5/c1-11(22-27)13-4-6-14(7-5-13)20-18(26)21-16(17(25)28-3)8-15-9-23(10-19-15)12(2)24/h4-7,9-11,16H,8H2,1-3H3,(H2,20,21,26). The summed E-state index contributed by atoms with van der Waals surface area (Å²) >= 11 is 0. The largest absolute Gasteiger partial charge is 0.467 e. The number of carbonyl (C=O) groups is 3. The van der Waals surface area contributed by atoms with Crippen LogP contribution in [0.2, 0.25) is 0 Å². The van der Waals surface area contributed by atoms with Crippen molar-refractivity contribution in [3.63, 3.8) is 0 Å². The Morgan fingerprint density at radius 1 is 1.25 bits per heavy atom. The molecule has 0 fully saturated rings. The molecule has 0 radical (unpaired) electrons. The summed E-state index contributed by atoms with van der Waals surface area (Å²) in [4.78, 5) is 50.2. The van der Waals surface area contributed by atoms with Crippen LogP contribution in [-0.4, -0.2) is 40.6 Å². The number of rotatable bonds is 7. The molecule has 28 heavy (non-hydrogen) atoms. The first-order chi connectivity index (χ1) is 13.3. The van der Waals surface area contributed by atoms with Crippen molar-refractivity contribution in [2.24, 2.45) is 5.18 Å². The summed E-state index contributed by atoms with van der Waals surface area (Å²) in [6.45, 7) is 3.04. The average molecular weight is 387 g/mol. The van der Waals surface area contributed by atoms with Crippen molar-refractivity contribution >= 4 is 23.6 Å². The van der Waals surface area contributed by atoms with E-state index in [2.05, 4.69) is 20.8 Å². The van der Waals surface area contributed by atoms with E-state index in [1.807, 2.05) is 0 Å². The first kappa shape index (κ1) is 20.7. The van der Waals surface area contributed by atoms with Crippen LogP contribution in [0.25, 0.3) is 0 Å². The van der Waals surface area contributed by atoms with Crippen molar-refractivity contribution in [3.8, 4) is 0 Å². The van der Waals surface area contributed by atoms with Gasteiger partial charge < -0.3 is 15.4 Å². The maximum absolute atomic E-state index is 12.2. The van der Waals surface area contributed by atoms with E-state index < -0.39 is 24.1 Å². The number of urea groups is 1. The Bertz CT molecular complexity index is 862. The van der Waals surface area contributed by atoms with Gasteiger partial charge in [-0.1, -0.05) is 17.3 Å². The van der Waals surface area contributed by atoms with Crippen LogP contribution in [0.15, 0.2) is 42.0 Å². The Kier molecular flexibility index (Phi) is 6.96. The molecule has 0 aliphatic carbocycles. The first-order valence-corrected chi connectivity index (χ1v) is 8.45. The minimum absolute atomic E-state index is 0.0574. The van der Waals surface area contributed by atoms with Gasteiger partial charge in [-0.3, -0.25) is 9.36 Å². The van der Waals surface area contributed by atoms with E-state index in [-0.39, 0.29) is 12.3 Å². The van der Waals surface area contributed by atoms with Gasteiger partial charge in [0.15, 0.2) is 0 Å². The van der Waals surface area contributed by atoms with Crippen molar-refractivity contribution < 1.29 is 19.1 Å². The average Bonchev–Trinajstić information content (AvgIpc) is 3.15. The van der Waals surface area contributed by atoms with E-state index in [1.165, 1.54) is 31.1 Å². The molecule has 1 aromatic heterocycles. The van der Waals surface area contributed by atoms with Crippen molar-refractivity contribution in [2.45, 2.75) is 32.4 Å². The number of nitroso groups, excluding NO2 is 1. The molecular formula is C18H21N5O5. The summed E-state index contributed by atoms with van der Waals surface area (Å²) in [7, 11) is 1.21. The van der Waals surface area contributed by atoms with Crippen LogP contribution in [0.4, 0.5) is 10.5 Å². The lowest BCUT2D eigenvalue weighted by atomic mass is 10.1. The molecule has 2 N–H and O–H groups in total. The molecule has 0 aliphatic rings. The van der Waals surface area contributed by atoms with Gasteiger partial charge in [0.25, 0.3) is 0 Å². The summed E-state index contributed by atoms with van der Waals surface area (Å²) in [5, 5.41) is 8.06. The van der Waals surface area contributed by atoms with Crippen LogP contribution in [0, 0.1) is 4.91 Å². The van der Waals surface area contributed by atoms with Gasteiger partial charge in [-0.15, -0.1) is 0 Å². The van der Waals surface area contributed by atoms with Gasteiger partial charge in [0.05, 0.1) is 12.8 Å². The van der Waals surface area contributed by atoms with Crippen LogP contribution in [-0.2, 0) is 16.0 Å². The molecule has 2 amide bonds. The fraction of sp³-hybridized carbons (Fsp3) is 0.333. The number of ether oxygens (including phenoxy) is 1. The molecule has 0 aliphatic heterocycles. The number of nitrogens with one attached hydrogen (secondary N) is 2. The molecule has 2 unspecified atom stereocenters. The van der Waals surface area contributed by atoms with Gasteiger partial charge >= 0.3 is 12.0 Å². The molecule has 10 heteroatoms. The molecule has 2 atom stereocenters. The number of hydrogen-bond donors (Lipinski definition) is 2.